The molecule has 1 amide bonds. The quantitative estimate of drug-likeness (QED) is 0.816. The molecular formula is C15H18NO4-. The van der Waals surface area contributed by atoms with Crippen molar-refractivity contribution in [2.24, 2.45) is 0 Å². The van der Waals surface area contributed by atoms with Crippen LogP contribution in [0.4, 0.5) is 0 Å². The van der Waals surface area contributed by atoms with Gasteiger partial charge in [-0.2, -0.15) is 0 Å². The third-order valence-corrected chi connectivity index (χ3v) is 3.26. The van der Waals surface area contributed by atoms with E-state index >= 15 is 0 Å². The summed E-state index contributed by atoms with van der Waals surface area (Å²) in [7, 11) is 0. The maximum absolute atomic E-state index is 12.3. The smallest absolute Gasteiger partial charge is 0.254 e. The van der Waals surface area contributed by atoms with Crippen molar-refractivity contribution < 1.29 is 19.4 Å². The summed E-state index contributed by atoms with van der Waals surface area (Å²) in [4.78, 5) is 24.7. The van der Waals surface area contributed by atoms with E-state index in [-0.39, 0.29) is 12.0 Å². The van der Waals surface area contributed by atoms with Gasteiger partial charge >= 0.3 is 0 Å². The fourth-order valence-corrected chi connectivity index (χ4v) is 2.37. The van der Waals surface area contributed by atoms with Crippen LogP contribution in [0.25, 0.3) is 0 Å². The predicted molar refractivity (Wildman–Crippen MR) is 71.3 cm³/mol. The summed E-state index contributed by atoms with van der Waals surface area (Å²) < 4.78 is 5.50. The van der Waals surface area contributed by atoms with Crippen LogP contribution < -0.4 is 9.84 Å². The van der Waals surface area contributed by atoms with Crippen LogP contribution >= 0.6 is 0 Å². The van der Waals surface area contributed by atoms with Crippen molar-refractivity contribution >= 4 is 11.9 Å². The number of hydrogen-bond acceptors (Lipinski definition) is 4. The topological polar surface area (TPSA) is 69.7 Å². The lowest BCUT2D eigenvalue weighted by atomic mass is 10.1. The molecule has 1 aromatic carbocycles. The van der Waals surface area contributed by atoms with E-state index in [2.05, 4.69) is 0 Å². The monoisotopic (exact) mass is 276 g/mol. The second kappa shape index (κ2) is 5.94. The zero-order valence-electron chi connectivity index (χ0n) is 11.7. The van der Waals surface area contributed by atoms with Crippen LogP contribution in [0.1, 0.15) is 37.0 Å². The van der Waals surface area contributed by atoms with Gasteiger partial charge in [0.2, 0.25) is 0 Å². The Labute approximate surface area is 118 Å². The highest BCUT2D eigenvalue weighted by Crippen LogP contribution is 2.21. The summed E-state index contributed by atoms with van der Waals surface area (Å²) in [6.45, 7) is 4.31. The van der Waals surface area contributed by atoms with Crippen molar-refractivity contribution in [2.45, 2.75) is 38.8 Å². The average molecular weight is 276 g/mol. The van der Waals surface area contributed by atoms with Crippen molar-refractivity contribution in [1.82, 2.24) is 4.90 Å². The Morgan fingerprint density at radius 2 is 1.95 bits per heavy atom. The second-order valence-electron chi connectivity index (χ2n) is 5.17. The van der Waals surface area contributed by atoms with E-state index in [1.165, 1.54) is 4.90 Å². The van der Waals surface area contributed by atoms with Crippen molar-refractivity contribution in [3.05, 3.63) is 29.8 Å². The molecule has 1 aliphatic rings. The number of hydrogen-bond donors (Lipinski definition) is 0. The molecule has 1 atom stereocenters. The van der Waals surface area contributed by atoms with E-state index in [9.17, 15) is 14.7 Å². The number of nitrogens with zero attached hydrogens (tertiary/aromatic N) is 1. The van der Waals surface area contributed by atoms with E-state index < -0.39 is 12.0 Å². The SMILES string of the molecule is CC(C)Oc1ccc(C(=O)N2CCC[C@@H]2C(=O)[O-])cc1. The van der Waals surface area contributed by atoms with Crippen LogP contribution in [0, 0.1) is 0 Å². The number of likely N-dealkylation sites (tertiary alicyclic amines) is 1. The first-order valence-electron chi connectivity index (χ1n) is 6.77. The molecule has 1 aromatic rings. The van der Waals surface area contributed by atoms with Crippen LogP contribution in [-0.4, -0.2) is 35.5 Å². The average Bonchev–Trinajstić information content (AvgIpc) is 2.87. The molecule has 0 saturated carbocycles. The minimum Gasteiger partial charge on any atom is -0.548 e. The van der Waals surface area contributed by atoms with Crippen LogP contribution in [0.15, 0.2) is 24.3 Å². The molecular weight excluding hydrogens is 258 g/mol. The van der Waals surface area contributed by atoms with Crippen LogP contribution in [0.5, 0.6) is 5.75 Å². The summed E-state index contributed by atoms with van der Waals surface area (Å²) in [5, 5.41) is 11.0. The molecule has 1 heterocycles. The number of benzene rings is 1. The molecule has 1 saturated heterocycles. The van der Waals surface area contributed by atoms with Crippen LogP contribution in [0.3, 0.4) is 0 Å². The maximum Gasteiger partial charge on any atom is 0.254 e. The highest BCUT2D eigenvalue weighted by atomic mass is 16.5. The van der Waals surface area contributed by atoms with E-state index in [1.807, 2.05) is 13.8 Å². The first kappa shape index (κ1) is 14.4. The summed E-state index contributed by atoms with van der Waals surface area (Å²) in [6, 6.07) is 5.94. The van der Waals surface area contributed by atoms with Gasteiger partial charge in [0.1, 0.15) is 5.75 Å². The molecule has 1 aliphatic heterocycles. The van der Waals surface area contributed by atoms with Gasteiger partial charge in [0, 0.05) is 12.1 Å². The van der Waals surface area contributed by atoms with Crippen molar-refractivity contribution in [2.75, 3.05) is 6.54 Å². The number of amides is 1. The highest BCUT2D eigenvalue weighted by Gasteiger charge is 2.30. The van der Waals surface area contributed by atoms with Gasteiger partial charge in [-0.05, 0) is 51.0 Å². The molecule has 20 heavy (non-hydrogen) atoms. The Morgan fingerprint density at radius 3 is 2.50 bits per heavy atom. The summed E-state index contributed by atoms with van der Waals surface area (Å²) in [6.07, 6.45) is 1.22. The molecule has 0 radical (unpaired) electrons. The van der Waals surface area contributed by atoms with Crippen LogP contribution in [0.2, 0.25) is 0 Å². The second-order valence-corrected chi connectivity index (χ2v) is 5.17. The number of carbonyl (C=O) groups excluding carboxylic acids is 2. The molecule has 108 valence electrons. The van der Waals surface area contributed by atoms with Gasteiger partial charge in [0.15, 0.2) is 0 Å². The fourth-order valence-electron chi connectivity index (χ4n) is 2.37. The largest absolute Gasteiger partial charge is 0.548 e. The molecule has 0 bridgehead atoms. The molecule has 0 spiro atoms. The van der Waals surface area contributed by atoms with Gasteiger partial charge in [0.25, 0.3) is 5.91 Å². The summed E-state index contributed by atoms with van der Waals surface area (Å²) in [5.74, 6) is -0.766. The standard InChI is InChI=1S/C15H19NO4/c1-10(2)20-12-7-5-11(6-8-12)14(17)16-9-3-4-13(16)15(18)19/h5-8,10,13H,3-4,9H2,1-2H3,(H,18,19)/p-1/t13-/m1/s1. The van der Waals surface area contributed by atoms with E-state index in [1.54, 1.807) is 24.3 Å². The first-order valence-corrected chi connectivity index (χ1v) is 6.77. The number of carbonyl (C=O) groups is 2. The van der Waals surface area contributed by atoms with Crippen molar-refractivity contribution in [1.29, 1.82) is 0 Å². The van der Waals surface area contributed by atoms with Gasteiger partial charge in [-0.15, -0.1) is 0 Å². The highest BCUT2D eigenvalue weighted by molar-refractivity contribution is 5.96. The number of carboxylic acid groups (broad SMARTS) is 1. The van der Waals surface area contributed by atoms with E-state index in [4.69, 9.17) is 4.74 Å². The Kier molecular flexibility index (Phi) is 4.27. The Bertz CT molecular complexity index is 495. The molecule has 1 fully saturated rings. The van der Waals surface area contributed by atoms with Crippen molar-refractivity contribution in [3.8, 4) is 5.75 Å². The number of aliphatic carboxylic acids is 1. The van der Waals surface area contributed by atoms with Crippen molar-refractivity contribution in [3.63, 3.8) is 0 Å². The van der Waals surface area contributed by atoms with Crippen LogP contribution in [-0.2, 0) is 4.79 Å². The van der Waals surface area contributed by atoms with E-state index in [0.29, 0.717) is 30.7 Å². The lowest BCUT2D eigenvalue weighted by Crippen LogP contribution is -2.46. The molecule has 5 nitrogen and oxygen atoms in total. The Morgan fingerprint density at radius 1 is 1.30 bits per heavy atom. The third-order valence-electron chi connectivity index (χ3n) is 3.26. The fraction of sp³-hybridized carbons (Fsp3) is 0.467. The zero-order chi connectivity index (χ0) is 14.7. The van der Waals surface area contributed by atoms with Gasteiger partial charge in [-0.25, -0.2) is 0 Å². The van der Waals surface area contributed by atoms with Gasteiger partial charge < -0.3 is 19.5 Å². The predicted octanol–water partition coefficient (Wildman–Crippen LogP) is 0.828. The Balaban J connectivity index is 2.11. The lowest BCUT2D eigenvalue weighted by Gasteiger charge is -2.25. The van der Waals surface area contributed by atoms with Gasteiger partial charge in [0.05, 0.1) is 18.1 Å². The molecule has 0 N–H and O–H groups in total. The molecule has 0 aromatic heterocycles. The van der Waals surface area contributed by atoms with Gasteiger partial charge in [-0.1, -0.05) is 0 Å². The number of carboxylic acids is 1. The number of rotatable bonds is 4. The summed E-state index contributed by atoms with van der Waals surface area (Å²) in [5.41, 5.74) is 0.467. The minimum absolute atomic E-state index is 0.0672. The molecule has 2 rings (SSSR count). The zero-order valence-corrected chi connectivity index (χ0v) is 11.7. The Hall–Kier alpha value is -2.04. The number of ether oxygens (including phenoxy) is 1. The molecule has 5 heteroatoms. The third kappa shape index (κ3) is 3.10. The maximum atomic E-state index is 12.3. The lowest BCUT2D eigenvalue weighted by molar-refractivity contribution is -0.310. The minimum atomic E-state index is -1.18. The van der Waals surface area contributed by atoms with E-state index in [0.717, 1.165) is 0 Å². The summed E-state index contributed by atoms with van der Waals surface area (Å²) >= 11 is 0. The normalized spacial score (nSPS) is 18.4. The van der Waals surface area contributed by atoms with Gasteiger partial charge in [-0.3, -0.25) is 4.79 Å². The molecule has 0 aliphatic carbocycles. The first-order chi connectivity index (χ1) is 9.49. The molecule has 0 unspecified atom stereocenters.